The number of alkyl halides is 1. The minimum absolute atomic E-state index is 0.133. The Hall–Kier alpha value is -2.82. The molecule has 1 aliphatic heterocycles. The number of H-pyrrole nitrogens is 1. The van der Waals surface area contributed by atoms with E-state index in [0.717, 1.165) is 12.3 Å². The Balaban J connectivity index is 1.86. The highest BCUT2D eigenvalue weighted by atomic mass is 31.2. The summed E-state index contributed by atoms with van der Waals surface area (Å²) in [6.45, 7) is 4.01. The number of aromatic nitrogens is 2. The summed E-state index contributed by atoms with van der Waals surface area (Å²) in [4.78, 5) is 25.5. The molecule has 0 spiro atoms. The van der Waals surface area contributed by atoms with Gasteiger partial charge in [-0.2, -0.15) is 0 Å². The highest BCUT2D eigenvalue weighted by Gasteiger charge is 2.57. The van der Waals surface area contributed by atoms with Gasteiger partial charge in [-0.15, -0.1) is 6.42 Å². The molecule has 37 heavy (non-hydrogen) atoms. The van der Waals surface area contributed by atoms with Crippen molar-refractivity contribution in [1.29, 1.82) is 0 Å². The summed E-state index contributed by atoms with van der Waals surface area (Å²) in [5.41, 5.74) is -3.91. The molecule has 1 aromatic carbocycles. The summed E-state index contributed by atoms with van der Waals surface area (Å²) in [5.74, 6) is 2.26. The molecule has 202 valence electrons. The maximum atomic E-state index is 15.1. The largest absolute Gasteiger partial charge is 0.459 e. The first-order valence-electron chi connectivity index (χ1n) is 11.3. The lowest BCUT2D eigenvalue weighted by molar-refractivity contribution is -0.138. The van der Waals surface area contributed by atoms with Crippen molar-refractivity contribution in [2.45, 2.75) is 63.3 Å². The predicted octanol–water partition coefficient (Wildman–Crippen LogP) is 1.06. The van der Waals surface area contributed by atoms with Crippen molar-refractivity contribution >= 4 is 7.75 Å². The molecule has 1 aliphatic rings. The number of hydrogen-bond donors (Lipinski definition) is 4. The van der Waals surface area contributed by atoms with Gasteiger partial charge in [-0.05, 0) is 32.9 Å². The fourth-order valence-corrected chi connectivity index (χ4v) is 5.05. The summed E-state index contributed by atoms with van der Waals surface area (Å²) >= 11 is 0. The van der Waals surface area contributed by atoms with Gasteiger partial charge in [-0.25, -0.2) is 18.8 Å². The van der Waals surface area contributed by atoms with Crippen LogP contribution in [0.25, 0.3) is 0 Å². The summed E-state index contributed by atoms with van der Waals surface area (Å²) < 4.78 is 51.4. The van der Waals surface area contributed by atoms with E-state index >= 15 is 4.39 Å². The average Bonchev–Trinajstić information content (AvgIpc) is 3.08. The maximum absolute atomic E-state index is 15.1. The van der Waals surface area contributed by atoms with Gasteiger partial charge in [0.25, 0.3) is 5.56 Å². The first-order valence-corrected chi connectivity index (χ1v) is 12.8. The lowest BCUT2D eigenvalue weighted by atomic mass is 9.98. The second-order valence-electron chi connectivity index (χ2n) is 8.62. The van der Waals surface area contributed by atoms with Crippen LogP contribution in [0.3, 0.4) is 0 Å². The number of nitrogens with one attached hydrogen (secondary N) is 2. The van der Waals surface area contributed by atoms with Crippen LogP contribution in [0, 0.1) is 12.3 Å². The van der Waals surface area contributed by atoms with Gasteiger partial charge in [0, 0.05) is 12.3 Å². The highest BCUT2D eigenvalue weighted by Crippen LogP contribution is 2.48. The van der Waals surface area contributed by atoms with Crippen molar-refractivity contribution in [2.24, 2.45) is 0 Å². The number of para-hydroxylation sites is 1. The quantitative estimate of drug-likeness (QED) is 0.184. The maximum Gasteiger partial charge on any atom is 0.459 e. The number of aliphatic hydroxyl groups is 2. The van der Waals surface area contributed by atoms with Crippen molar-refractivity contribution < 1.29 is 37.7 Å². The smallest absolute Gasteiger partial charge is 0.413 e. The summed E-state index contributed by atoms with van der Waals surface area (Å²) in [7, 11) is -4.37. The zero-order valence-corrected chi connectivity index (χ0v) is 21.2. The molecular weight excluding hydrogens is 512 g/mol. The zero-order valence-electron chi connectivity index (χ0n) is 20.3. The highest BCUT2D eigenvalue weighted by molar-refractivity contribution is 7.52. The normalized spacial score (nSPS) is 26.8. The SMILES string of the molecule is C#CC1(COP(=O)(NC(C)C(O)OC(C)C)Oc2ccccc2)OC(n2ccc(=O)[nH]c2=O)C(F)C1O. The second-order valence-corrected chi connectivity index (χ2v) is 10.3. The Kier molecular flexibility index (Phi) is 9.09. The Morgan fingerprint density at radius 2 is 1.97 bits per heavy atom. The molecule has 7 atom stereocenters. The van der Waals surface area contributed by atoms with Crippen LogP contribution in [0.15, 0.2) is 52.2 Å². The van der Waals surface area contributed by atoms with Crippen LogP contribution in [0.2, 0.25) is 0 Å². The van der Waals surface area contributed by atoms with Crippen LogP contribution >= 0.6 is 7.75 Å². The number of ether oxygens (including phenoxy) is 2. The topological polar surface area (TPSA) is 161 Å². The van der Waals surface area contributed by atoms with Crippen molar-refractivity contribution in [3.8, 4) is 18.1 Å². The third-order valence-electron chi connectivity index (χ3n) is 5.37. The standard InChI is InChI=1S/C23H29FN3O9P/c1-5-23(19(29)18(24)20(35-23)27-12-11-17(28)25-22(27)31)13-33-37(32,36-16-9-7-6-8-10-16)26-15(4)21(30)34-14(2)3/h1,6-12,14-15,18-21,29-30H,13H2,2-4H3,(H,26,32)(H,25,28,31). The van der Waals surface area contributed by atoms with Crippen LogP contribution in [-0.2, 0) is 18.6 Å². The molecule has 14 heteroatoms. The van der Waals surface area contributed by atoms with Gasteiger partial charge in [-0.3, -0.25) is 18.9 Å². The summed E-state index contributed by atoms with van der Waals surface area (Å²) in [6.07, 6.45) is -1.15. The van der Waals surface area contributed by atoms with E-state index in [1.54, 1.807) is 32.0 Å². The van der Waals surface area contributed by atoms with Crippen LogP contribution in [-0.4, -0.2) is 62.7 Å². The predicted molar refractivity (Wildman–Crippen MR) is 129 cm³/mol. The Labute approximate surface area is 211 Å². The molecular formula is C23H29FN3O9P. The third-order valence-corrected chi connectivity index (χ3v) is 7.01. The fraction of sp³-hybridized carbons (Fsp3) is 0.478. The van der Waals surface area contributed by atoms with E-state index in [4.69, 9.17) is 24.9 Å². The van der Waals surface area contributed by atoms with Crippen molar-refractivity contribution in [1.82, 2.24) is 14.6 Å². The van der Waals surface area contributed by atoms with Crippen LogP contribution in [0.1, 0.15) is 27.0 Å². The van der Waals surface area contributed by atoms with E-state index in [9.17, 15) is 24.4 Å². The minimum atomic E-state index is -4.37. The molecule has 2 aromatic rings. The number of nitrogens with zero attached hydrogens (tertiary/aromatic N) is 1. The van der Waals surface area contributed by atoms with Crippen molar-refractivity contribution in [2.75, 3.05) is 6.61 Å². The molecule has 7 unspecified atom stereocenters. The molecule has 0 radical (unpaired) electrons. The van der Waals surface area contributed by atoms with E-state index in [1.807, 2.05) is 4.98 Å². The second kappa shape index (κ2) is 11.7. The van der Waals surface area contributed by atoms with Gasteiger partial charge in [-0.1, -0.05) is 24.1 Å². The molecule has 2 heterocycles. The number of benzene rings is 1. The number of terminal acetylenes is 1. The molecule has 1 saturated heterocycles. The lowest BCUT2D eigenvalue weighted by Gasteiger charge is -2.30. The van der Waals surface area contributed by atoms with Crippen molar-refractivity contribution in [3.63, 3.8) is 0 Å². The van der Waals surface area contributed by atoms with Gasteiger partial charge in [0.2, 0.25) is 0 Å². The molecule has 4 N–H and O–H groups in total. The first-order chi connectivity index (χ1) is 17.4. The molecule has 0 bridgehead atoms. The van der Waals surface area contributed by atoms with Crippen molar-refractivity contribution in [3.05, 3.63) is 63.4 Å². The Morgan fingerprint density at radius 3 is 2.57 bits per heavy atom. The van der Waals surface area contributed by atoms with E-state index in [1.165, 1.54) is 19.1 Å². The molecule has 0 saturated carbocycles. The van der Waals surface area contributed by atoms with Crippen LogP contribution < -0.4 is 20.9 Å². The Bertz CT molecular complexity index is 1260. The first kappa shape index (κ1) is 28.7. The zero-order chi connectivity index (χ0) is 27.4. The number of rotatable bonds is 11. The van der Waals surface area contributed by atoms with Crippen LogP contribution in [0.5, 0.6) is 5.75 Å². The lowest BCUT2D eigenvalue weighted by Crippen LogP contribution is -2.46. The number of aromatic amines is 1. The Morgan fingerprint density at radius 1 is 1.30 bits per heavy atom. The van der Waals surface area contributed by atoms with E-state index in [2.05, 4.69) is 11.0 Å². The van der Waals surface area contributed by atoms with E-state index < -0.39 is 62.0 Å². The van der Waals surface area contributed by atoms with Crippen LogP contribution in [0.4, 0.5) is 4.39 Å². The molecule has 12 nitrogen and oxygen atoms in total. The van der Waals surface area contributed by atoms with Gasteiger partial charge in [0.15, 0.2) is 24.3 Å². The van der Waals surface area contributed by atoms with E-state index in [0.29, 0.717) is 4.57 Å². The molecule has 1 aromatic heterocycles. The molecule has 0 aliphatic carbocycles. The third kappa shape index (κ3) is 6.74. The molecule has 1 fully saturated rings. The number of aliphatic hydroxyl groups excluding tert-OH is 2. The number of halogens is 1. The number of hydrogen-bond acceptors (Lipinski definition) is 9. The van der Waals surface area contributed by atoms with Gasteiger partial charge in [0.1, 0.15) is 18.5 Å². The molecule has 3 rings (SSSR count). The summed E-state index contributed by atoms with van der Waals surface area (Å²) in [5, 5.41) is 23.4. The molecule has 0 amide bonds. The van der Waals surface area contributed by atoms with Gasteiger partial charge < -0.3 is 24.2 Å². The van der Waals surface area contributed by atoms with Gasteiger partial charge >= 0.3 is 13.4 Å². The van der Waals surface area contributed by atoms with E-state index in [-0.39, 0.29) is 11.9 Å². The average molecular weight is 541 g/mol. The minimum Gasteiger partial charge on any atom is -0.413 e. The summed E-state index contributed by atoms with van der Waals surface area (Å²) in [6, 6.07) is 7.92. The fourth-order valence-electron chi connectivity index (χ4n) is 3.48. The van der Waals surface area contributed by atoms with Gasteiger partial charge in [0.05, 0.1) is 12.1 Å². The monoisotopic (exact) mass is 541 g/mol.